The van der Waals surface area contributed by atoms with Crippen molar-refractivity contribution in [3.05, 3.63) is 59.4 Å². The van der Waals surface area contributed by atoms with Gasteiger partial charge in [0.15, 0.2) is 0 Å². The number of rotatable bonds is 3. The molecule has 2 aromatic carbocycles. The van der Waals surface area contributed by atoms with Crippen molar-refractivity contribution in [2.75, 3.05) is 26.3 Å². The Morgan fingerprint density at radius 2 is 1.76 bits per heavy atom. The van der Waals surface area contributed by atoms with Crippen molar-refractivity contribution in [3.63, 3.8) is 0 Å². The maximum atomic E-state index is 14.3. The van der Waals surface area contributed by atoms with Gasteiger partial charge in [-0.3, -0.25) is 4.90 Å². The highest BCUT2D eigenvalue weighted by atomic mass is 19.1. The van der Waals surface area contributed by atoms with Gasteiger partial charge in [-0.2, -0.15) is 0 Å². The Morgan fingerprint density at radius 1 is 1.05 bits per heavy atom. The molecule has 110 valence electrons. The highest BCUT2D eigenvalue weighted by molar-refractivity contribution is 5.64. The standard InChI is InChI=1S/C18H20FNO/c1-14-2-5-16(6-3-14)17-7-4-15(12-18(17)19)13-20-8-10-21-11-9-20/h2-7,12H,8-11,13H2,1H3. The molecule has 0 atom stereocenters. The van der Waals surface area contributed by atoms with E-state index in [0.717, 1.165) is 44.0 Å². The molecule has 2 nitrogen and oxygen atoms in total. The summed E-state index contributed by atoms with van der Waals surface area (Å²) in [5, 5.41) is 0. The second kappa shape index (κ2) is 6.37. The van der Waals surface area contributed by atoms with Crippen LogP contribution in [0.15, 0.2) is 42.5 Å². The van der Waals surface area contributed by atoms with Gasteiger partial charge in [0.1, 0.15) is 5.82 Å². The molecular weight excluding hydrogens is 265 g/mol. The van der Waals surface area contributed by atoms with E-state index in [1.807, 2.05) is 43.3 Å². The van der Waals surface area contributed by atoms with Gasteiger partial charge in [-0.05, 0) is 24.1 Å². The molecule has 0 saturated carbocycles. The molecule has 3 rings (SSSR count). The third-order valence-corrected chi connectivity index (χ3v) is 3.91. The van der Waals surface area contributed by atoms with Crippen LogP contribution < -0.4 is 0 Å². The molecule has 0 amide bonds. The molecule has 0 N–H and O–H groups in total. The highest BCUT2D eigenvalue weighted by Gasteiger charge is 2.12. The van der Waals surface area contributed by atoms with Crippen LogP contribution in [0.5, 0.6) is 0 Å². The number of benzene rings is 2. The van der Waals surface area contributed by atoms with E-state index >= 15 is 0 Å². The third kappa shape index (κ3) is 3.49. The van der Waals surface area contributed by atoms with E-state index in [9.17, 15) is 4.39 Å². The first-order valence-electron chi connectivity index (χ1n) is 7.38. The number of ether oxygens (including phenoxy) is 1. The van der Waals surface area contributed by atoms with Gasteiger partial charge < -0.3 is 4.74 Å². The van der Waals surface area contributed by atoms with E-state index in [-0.39, 0.29) is 5.82 Å². The molecule has 0 aliphatic carbocycles. The monoisotopic (exact) mass is 285 g/mol. The lowest BCUT2D eigenvalue weighted by Gasteiger charge is -2.26. The van der Waals surface area contributed by atoms with Crippen molar-refractivity contribution in [2.45, 2.75) is 13.5 Å². The van der Waals surface area contributed by atoms with Crippen LogP contribution in [-0.4, -0.2) is 31.2 Å². The lowest BCUT2D eigenvalue weighted by molar-refractivity contribution is 0.0341. The van der Waals surface area contributed by atoms with Gasteiger partial charge in [0, 0.05) is 25.2 Å². The highest BCUT2D eigenvalue weighted by Crippen LogP contribution is 2.24. The zero-order valence-corrected chi connectivity index (χ0v) is 12.3. The lowest BCUT2D eigenvalue weighted by atomic mass is 10.0. The zero-order chi connectivity index (χ0) is 14.7. The van der Waals surface area contributed by atoms with E-state index in [1.165, 1.54) is 5.56 Å². The Morgan fingerprint density at radius 3 is 2.43 bits per heavy atom. The topological polar surface area (TPSA) is 12.5 Å². The Balaban J connectivity index is 1.77. The van der Waals surface area contributed by atoms with Crippen molar-refractivity contribution in [1.29, 1.82) is 0 Å². The van der Waals surface area contributed by atoms with Gasteiger partial charge in [-0.15, -0.1) is 0 Å². The van der Waals surface area contributed by atoms with Crippen LogP contribution in [-0.2, 0) is 11.3 Å². The van der Waals surface area contributed by atoms with Crippen molar-refractivity contribution in [3.8, 4) is 11.1 Å². The van der Waals surface area contributed by atoms with Gasteiger partial charge in [0.25, 0.3) is 0 Å². The van der Waals surface area contributed by atoms with Gasteiger partial charge >= 0.3 is 0 Å². The number of nitrogens with zero attached hydrogens (tertiary/aromatic N) is 1. The number of halogens is 1. The molecule has 0 unspecified atom stereocenters. The summed E-state index contributed by atoms with van der Waals surface area (Å²) in [6.07, 6.45) is 0. The zero-order valence-electron chi connectivity index (χ0n) is 12.3. The molecule has 0 radical (unpaired) electrons. The Kier molecular flexibility index (Phi) is 4.32. The quantitative estimate of drug-likeness (QED) is 0.854. The minimum atomic E-state index is -0.149. The Hall–Kier alpha value is -1.71. The van der Waals surface area contributed by atoms with E-state index in [2.05, 4.69) is 4.90 Å². The predicted octanol–water partition coefficient (Wildman–Crippen LogP) is 3.63. The summed E-state index contributed by atoms with van der Waals surface area (Å²) in [6, 6.07) is 13.5. The average molecular weight is 285 g/mol. The summed E-state index contributed by atoms with van der Waals surface area (Å²) in [5.41, 5.74) is 3.80. The van der Waals surface area contributed by atoms with E-state index in [4.69, 9.17) is 4.74 Å². The van der Waals surface area contributed by atoms with Gasteiger partial charge in [-0.1, -0.05) is 42.0 Å². The maximum absolute atomic E-state index is 14.3. The van der Waals surface area contributed by atoms with Crippen LogP contribution in [0.2, 0.25) is 0 Å². The Labute approximate surface area is 125 Å². The van der Waals surface area contributed by atoms with Crippen molar-refractivity contribution in [2.24, 2.45) is 0 Å². The van der Waals surface area contributed by atoms with Gasteiger partial charge in [0.05, 0.1) is 13.2 Å². The molecule has 0 aromatic heterocycles. The van der Waals surface area contributed by atoms with Gasteiger partial charge in [-0.25, -0.2) is 4.39 Å². The fourth-order valence-corrected chi connectivity index (χ4v) is 2.64. The van der Waals surface area contributed by atoms with E-state index in [1.54, 1.807) is 6.07 Å². The third-order valence-electron chi connectivity index (χ3n) is 3.91. The molecule has 1 saturated heterocycles. The van der Waals surface area contributed by atoms with Gasteiger partial charge in [0.2, 0.25) is 0 Å². The second-order valence-electron chi connectivity index (χ2n) is 5.57. The van der Waals surface area contributed by atoms with Crippen LogP contribution in [0.4, 0.5) is 4.39 Å². The maximum Gasteiger partial charge on any atom is 0.131 e. The summed E-state index contributed by atoms with van der Waals surface area (Å²) in [4.78, 5) is 2.30. The molecular formula is C18H20FNO. The normalized spacial score (nSPS) is 16.1. The summed E-state index contributed by atoms with van der Waals surface area (Å²) in [7, 11) is 0. The lowest BCUT2D eigenvalue weighted by Crippen LogP contribution is -2.35. The summed E-state index contributed by atoms with van der Waals surface area (Å²) in [5.74, 6) is -0.149. The van der Waals surface area contributed by atoms with E-state index in [0.29, 0.717) is 5.56 Å². The van der Waals surface area contributed by atoms with Crippen LogP contribution in [0.3, 0.4) is 0 Å². The molecule has 1 aliphatic heterocycles. The second-order valence-corrected chi connectivity index (χ2v) is 5.57. The molecule has 1 heterocycles. The first kappa shape index (κ1) is 14.2. The van der Waals surface area contributed by atoms with Crippen LogP contribution in [0.1, 0.15) is 11.1 Å². The summed E-state index contributed by atoms with van der Waals surface area (Å²) < 4.78 is 19.7. The van der Waals surface area contributed by atoms with Crippen molar-refractivity contribution < 1.29 is 9.13 Å². The van der Waals surface area contributed by atoms with E-state index < -0.39 is 0 Å². The SMILES string of the molecule is Cc1ccc(-c2ccc(CN3CCOCC3)cc2F)cc1. The first-order valence-corrected chi connectivity index (χ1v) is 7.38. The smallest absolute Gasteiger partial charge is 0.131 e. The number of morpholine rings is 1. The summed E-state index contributed by atoms with van der Waals surface area (Å²) in [6.45, 7) is 6.19. The first-order chi connectivity index (χ1) is 10.2. The fraction of sp³-hybridized carbons (Fsp3) is 0.333. The number of hydrogen-bond acceptors (Lipinski definition) is 2. The molecule has 3 heteroatoms. The van der Waals surface area contributed by atoms with Crippen LogP contribution >= 0.6 is 0 Å². The molecule has 21 heavy (non-hydrogen) atoms. The molecule has 2 aromatic rings. The van der Waals surface area contributed by atoms with Crippen LogP contribution in [0.25, 0.3) is 11.1 Å². The Bertz CT molecular complexity index is 603. The molecule has 0 bridgehead atoms. The fourth-order valence-electron chi connectivity index (χ4n) is 2.64. The largest absolute Gasteiger partial charge is 0.379 e. The predicted molar refractivity (Wildman–Crippen MR) is 82.7 cm³/mol. The minimum Gasteiger partial charge on any atom is -0.379 e. The number of hydrogen-bond donors (Lipinski definition) is 0. The van der Waals surface area contributed by atoms with Crippen molar-refractivity contribution in [1.82, 2.24) is 4.90 Å². The molecule has 1 aliphatic rings. The average Bonchev–Trinajstić information content (AvgIpc) is 2.50. The minimum absolute atomic E-state index is 0.149. The summed E-state index contributed by atoms with van der Waals surface area (Å²) >= 11 is 0. The molecule has 1 fully saturated rings. The van der Waals surface area contributed by atoms with Crippen LogP contribution in [0, 0.1) is 12.7 Å². The van der Waals surface area contributed by atoms with Crippen molar-refractivity contribution >= 4 is 0 Å². The molecule has 0 spiro atoms. The number of aryl methyl sites for hydroxylation is 1.